The van der Waals surface area contributed by atoms with Crippen LogP contribution in [0.15, 0.2) is 53.4 Å². The molecule has 1 N–H and O–H groups in total. The molecule has 0 bridgehead atoms. The van der Waals surface area contributed by atoms with Crippen LogP contribution in [0, 0.1) is 0 Å². The van der Waals surface area contributed by atoms with Gasteiger partial charge in [-0.25, -0.2) is 12.7 Å². The fraction of sp³-hybridized carbons (Fsp3) is 0.375. The maximum absolute atomic E-state index is 13.4. The Morgan fingerprint density at radius 3 is 2.47 bits per heavy atom. The average Bonchev–Trinajstić information content (AvgIpc) is 3.02. The van der Waals surface area contributed by atoms with E-state index in [0.29, 0.717) is 22.0 Å². The number of fused-ring (bicyclic) bond motifs is 1. The molecule has 0 saturated carbocycles. The molecule has 0 saturated heterocycles. The highest BCUT2D eigenvalue weighted by atomic mass is 32.2. The fourth-order valence-corrected chi connectivity index (χ4v) is 5.13. The van der Waals surface area contributed by atoms with Gasteiger partial charge in [0.05, 0.1) is 12.7 Å². The minimum absolute atomic E-state index is 0.0252. The van der Waals surface area contributed by atoms with Gasteiger partial charge < -0.3 is 15.0 Å². The molecular formula is C24H29N3O6S. The number of amides is 3. The number of sulfonamides is 1. The number of methoxy groups -OCH3 is 1. The Morgan fingerprint density at radius 1 is 1.12 bits per heavy atom. The summed E-state index contributed by atoms with van der Waals surface area (Å²) < 4.78 is 31.7. The standard InChI is InChI=1S/C24H29N3O6S/c1-5-16(2)25-23(29)17(3)26(14-18-9-8-10-19(13-18)33-4)22(28)15-27-24(30)20-11-6-7-12-21(20)34(27,31)32/h6-13,16-17H,5,14-15H2,1-4H3,(H,25,29)/t16-,17-/m1/s1. The van der Waals surface area contributed by atoms with Gasteiger partial charge in [0.25, 0.3) is 15.9 Å². The van der Waals surface area contributed by atoms with E-state index in [1.165, 1.54) is 30.2 Å². The minimum atomic E-state index is -4.16. The Kier molecular flexibility index (Phi) is 7.61. The number of rotatable bonds is 9. The number of carbonyl (C=O) groups excluding carboxylic acids is 3. The van der Waals surface area contributed by atoms with Crippen molar-refractivity contribution in [1.82, 2.24) is 14.5 Å². The summed E-state index contributed by atoms with van der Waals surface area (Å²) in [5.74, 6) is -1.22. The first kappa shape index (κ1) is 25.2. The molecule has 34 heavy (non-hydrogen) atoms. The summed E-state index contributed by atoms with van der Waals surface area (Å²) in [5.41, 5.74) is 0.715. The highest BCUT2D eigenvalue weighted by Crippen LogP contribution is 2.30. The lowest BCUT2D eigenvalue weighted by Gasteiger charge is -2.31. The molecule has 0 aromatic heterocycles. The van der Waals surface area contributed by atoms with Crippen LogP contribution in [0.5, 0.6) is 5.75 Å². The number of nitrogens with one attached hydrogen (secondary N) is 1. The second-order valence-electron chi connectivity index (χ2n) is 8.18. The molecule has 1 aliphatic heterocycles. The lowest BCUT2D eigenvalue weighted by molar-refractivity contribution is -0.140. The van der Waals surface area contributed by atoms with Gasteiger partial charge in [-0.15, -0.1) is 0 Å². The molecule has 2 aromatic rings. The highest BCUT2D eigenvalue weighted by Gasteiger charge is 2.43. The van der Waals surface area contributed by atoms with Crippen molar-refractivity contribution in [1.29, 1.82) is 0 Å². The summed E-state index contributed by atoms with van der Waals surface area (Å²) in [5, 5.41) is 2.85. The van der Waals surface area contributed by atoms with Crippen molar-refractivity contribution < 1.29 is 27.5 Å². The maximum Gasteiger partial charge on any atom is 0.269 e. The predicted octanol–water partition coefficient (Wildman–Crippen LogP) is 2.17. The zero-order chi connectivity index (χ0) is 25.0. The van der Waals surface area contributed by atoms with Gasteiger partial charge in [-0.1, -0.05) is 31.2 Å². The Balaban J connectivity index is 1.90. The van der Waals surface area contributed by atoms with E-state index in [0.717, 1.165) is 0 Å². The molecule has 182 valence electrons. The Labute approximate surface area is 199 Å². The SMILES string of the molecule is CC[C@@H](C)NC(=O)[C@@H](C)N(Cc1cccc(OC)c1)C(=O)CN1C(=O)c2ccccc2S1(=O)=O. The van der Waals surface area contributed by atoms with Gasteiger partial charge in [-0.05, 0) is 50.1 Å². The number of hydrogen-bond acceptors (Lipinski definition) is 6. The van der Waals surface area contributed by atoms with Crippen molar-refractivity contribution in [2.75, 3.05) is 13.7 Å². The fourth-order valence-electron chi connectivity index (χ4n) is 3.62. The van der Waals surface area contributed by atoms with Crippen LogP contribution < -0.4 is 10.1 Å². The van der Waals surface area contributed by atoms with Crippen molar-refractivity contribution in [3.63, 3.8) is 0 Å². The Hall–Kier alpha value is -3.40. The quantitative estimate of drug-likeness (QED) is 0.580. The van der Waals surface area contributed by atoms with Gasteiger partial charge in [0.15, 0.2) is 0 Å². The van der Waals surface area contributed by atoms with Crippen molar-refractivity contribution >= 4 is 27.7 Å². The molecule has 0 spiro atoms. The third-order valence-electron chi connectivity index (χ3n) is 5.85. The van der Waals surface area contributed by atoms with Crippen LogP contribution in [0.3, 0.4) is 0 Å². The molecule has 3 rings (SSSR count). The lowest BCUT2D eigenvalue weighted by Crippen LogP contribution is -2.52. The molecule has 0 aliphatic carbocycles. The third-order valence-corrected chi connectivity index (χ3v) is 7.63. The molecule has 3 amide bonds. The molecule has 0 unspecified atom stereocenters. The van der Waals surface area contributed by atoms with Gasteiger partial charge in [-0.3, -0.25) is 14.4 Å². The number of hydrogen-bond donors (Lipinski definition) is 1. The lowest BCUT2D eigenvalue weighted by atomic mass is 10.1. The molecule has 2 aromatic carbocycles. The zero-order valence-electron chi connectivity index (χ0n) is 19.6. The molecular weight excluding hydrogens is 458 g/mol. The van der Waals surface area contributed by atoms with Crippen molar-refractivity contribution in [3.8, 4) is 5.75 Å². The van der Waals surface area contributed by atoms with Gasteiger partial charge >= 0.3 is 0 Å². The molecule has 0 fully saturated rings. The second-order valence-corrected chi connectivity index (χ2v) is 10.0. The average molecular weight is 488 g/mol. The topological polar surface area (TPSA) is 113 Å². The van der Waals surface area contributed by atoms with Crippen LogP contribution in [-0.2, 0) is 26.2 Å². The van der Waals surface area contributed by atoms with E-state index in [1.54, 1.807) is 37.3 Å². The smallest absolute Gasteiger partial charge is 0.269 e. The van der Waals surface area contributed by atoms with Gasteiger partial charge in [0.2, 0.25) is 11.8 Å². The molecule has 9 nitrogen and oxygen atoms in total. The molecule has 10 heteroatoms. The van der Waals surface area contributed by atoms with Gasteiger partial charge in [0.1, 0.15) is 23.2 Å². The first-order valence-electron chi connectivity index (χ1n) is 11.0. The van der Waals surface area contributed by atoms with Crippen LogP contribution in [0.4, 0.5) is 0 Å². The number of nitrogens with zero attached hydrogens (tertiary/aromatic N) is 2. The van der Waals surface area contributed by atoms with E-state index in [4.69, 9.17) is 4.74 Å². The third kappa shape index (κ3) is 5.06. The van der Waals surface area contributed by atoms with Crippen LogP contribution in [0.25, 0.3) is 0 Å². The van der Waals surface area contributed by atoms with Gasteiger partial charge in [-0.2, -0.15) is 0 Å². The van der Waals surface area contributed by atoms with E-state index in [-0.39, 0.29) is 29.0 Å². The number of ether oxygens (including phenoxy) is 1. The van der Waals surface area contributed by atoms with Crippen molar-refractivity contribution in [2.24, 2.45) is 0 Å². The monoisotopic (exact) mass is 487 g/mol. The second kappa shape index (κ2) is 10.3. The summed E-state index contributed by atoms with van der Waals surface area (Å²) in [4.78, 5) is 40.2. The highest BCUT2D eigenvalue weighted by molar-refractivity contribution is 7.90. The van der Waals surface area contributed by atoms with Gasteiger partial charge in [0, 0.05) is 12.6 Å². The molecule has 1 aliphatic rings. The summed E-state index contributed by atoms with van der Waals surface area (Å²) in [6, 6.07) is 11.8. The van der Waals surface area contributed by atoms with Crippen LogP contribution >= 0.6 is 0 Å². The van der Waals surface area contributed by atoms with Crippen LogP contribution in [-0.4, -0.2) is 61.1 Å². The van der Waals surface area contributed by atoms with E-state index >= 15 is 0 Å². The van der Waals surface area contributed by atoms with Crippen molar-refractivity contribution in [2.45, 2.75) is 50.7 Å². The summed E-state index contributed by atoms with van der Waals surface area (Å²) >= 11 is 0. The maximum atomic E-state index is 13.4. The Morgan fingerprint density at radius 2 is 1.82 bits per heavy atom. The first-order valence-corrected chi connectivity index (χ1v) is 12.4. The number of carbonyl (C=O) groups is 3. The normalized spacial score (nSPS) is 15.9. The van der Waals surface area contributed by atoms with Crippen molar-refractivity contribution in [3.05, 3.63) is 59.7 Å². The molecule has 1 heterocycles. The minimum Gasteiger partial charge on any atom is -0.497 e. The first-order chi connectivity index (χ1) is 16.1. The summed E-state index contributed by atoms with van der Waals surface area (Å²) in [7, 11) is -2.64. The largest absolute Gasteiger partial charge is 0.497 e. The predicted molar refractivity (Wildman–Crippen MR) is 126 cm³/mol. The molecule has 0 radical (unpaired) electrons. The number of benzene rings is 2. The van der Waals surface area contributed by atoms with E-state index < -0.39 is 34.4 Å². The Bertz CT molecular complexity index is 1200. The van der Waals surface area contributed by atoms with E-state index in [2.05, 4.69) is 5.32 Å². The van der Waals surface area contributed by atoms with E-state index in [1.807, 2.05) is 13.8 Å². The molecule has 2 atom stereocenters. The summed E-state index contributed by atoms with van der Waals surface area (Å²) in [6.07, 6.45) is 0.709. The van der Waals surface area contributed by atoms with Crippen LogP contribution in [0.1, 0.15) is 43.1 Å². The zero-order valence-corrected chi connectivity index (χ0v) is 20.5. The van der Waals surface area contributed by atoms with E-state index in [9.17, 15) is 22.8 Å². The van der Waals surface area contributed by atoms with Crippen LogP contribution in [0.2, 0.25) is 0 Å². The summed E-state index contributed by atoms with van der Waals surface area (Å²) in [6.45, 7) is 4.67.